The van der Waals surface area contributed by atoms with E-state index in [-0.39, 0.29) is 5.92 Å². The lowest BCUT2D eigenvalue weighted by Crippen LogP contribution is -2.04. The topological polar surface area (TPSA) is 35.0 Å². The van der Waals surface area contributed by atoms with Crippen LogP contribution in [0.2, 0.25) is 4.47 Å². The molecule has 3 rings (SSSR count). The van der Waals surface area contributed by atoms with Gasteiger partial charge in [-0.05, 0) is 29.2 Å². The van der Waals surface area contributed by atoms with Gasteiger partial charge in [-0.1, -0.05) is 18.2 Å². The first-order valence-electron chi connectivity index (χ1n) is 4.55. The van der Waals surface area contributed by atoms with Gasteiger partial charge in [0.2, 0.25) is 4.47 Å². The SMILES string of the molecule is Clc1nc(C2COc3ccccc32)ns1. The number of para-hydroxylation sites is 1. The van der Waals surface area contributed by atoms with Gasteiger partial charge in [0, 0.05) is 5.56 Å². The summed E-state index contributed by atoms with van der Waals surface area (Å²) in [5, 5.41) is 0. The van der Waals surface area contributed by atoms with Crippen molar-refractivity contribution in [2.75, 3.05) is 6.61 Å². The van der Waals surface area contributed by atoms with E-state index in [9.17, 15) is 0 Å². The Morgan fingerprint density at radius 1 is 1.40 bits per heavy atom. The molecule has 1 atom stereocenters. The fraction of sp³-hybridized carbons (Fsp3) is 0.200. The van der Waals surface area contributed by atoms with E-state index in [1.165, 1.54) is 11.5 Å². The van der Waals surface area contributed by atoms with Crippen LogP contribution in [0.3, 0.4) is 0 Å². The van der Waals surface area contributed by atoms with Crippen molar-refractivity contribution in [3.8, 4) is 5.75 Å². The Kier molecular flexibility index (Phi) is 2.11. The van der Waals surface area contributed by atoms with Crippen LogP contribution in [0.1, 0.15) is 17.3 Å². The third-order valence-corrected chi connectivity index (χ3v) is 3.24. The second kappa shape index (κ2) is 3.47. The van der Waals surface area contributed by atoms with Crippen LogP contribution in [0.15, 0.2) is 24.3 Å². The van der Waals surface area contributed by atoms with E-state index < -0.39 is 0 Å². The van der Waals surface area contributed by atoms with Crippen molar-refractivity contribution < 1.29 is 4.74 Å². The molecule has 2 heterocycles. The smallest absolute Gasteiger partial charge is 0.203 e. The van der Waals surface area contributed by atoms with Gasteiger partial charge in [-0.2, -0.15) is 4.37 Å². The summed E-state index contributed by atoms with van der Waals surface area (Å²) in [5.74, 6) is 1.81. The molecule has 1 aromatic heterocycles. The normalized spacial score (nSPS) is 18.6. The maximum Gasteiger partial charge on any atom is 0.203 e. The van der Waals surface area contributed by atoms with Gasteiger partial charge in [-0.3, -0.25) is 0 Å². The molecule has 2 aromatic rings. The molecule has 1 aliphatic heterocycles. The van der Waals surface area contributed by atoms with E-state index >= 15 is 0 Å². The van der Waals surface area contributed by atoms with Crippen molar-refractivity contribution in [1.29, 1.82) is 0 Å². The summed E-state index contributed by atoms with van der Waals surface area (Å²) in [4.78, 5) is 4.18. The third kappa shape index (κ3) is 1.50. The van der Waals surface area contributed by atoms with E-state index in [0.29, 0.717) is 11.1 Å². The van der Waals surface area contributed by atoms with E-state index in [4.69, 9.17) is 16.3 Å². The average Bonchev–Trinajstić information content (AvgIpc) is 2.83. The minimum absolute atomic E-state index is 0.130. The van der Waals surface area contributed by atoms with Gasteiger partial charge in [0.1, 0.15) is 12.4 Å². The molecular formula is C10H7ClN2OS. The van der Waals surface area contributed by atoms with Gasteiger partial charge in [0.05, 0.1) is 5.92 Å². The van der Waals surface area contributed by atoms with Crippen LogP contribution in [-0.2, 0) is 0 Å². The predicted octanol–water partition coefficient (Wildman–Crippen LogP) is 2.72. The van der Waals surface area contributed by atoms with Crippen LogP contribution in [0.5, 0.6) is 5.75 Å². The van der Waals surface area contributed by atoms with Crippen molar-refractivity contribution in [2.45, 2.75) is 5.92 Å². The number of fused-ring (bicyclic) bond motifs is 1. The summed E-state index contributed by atoms with van der Waals surface area (Å²) in [6, 6.07) is 7.96. The Labute approximate surface area is 95.9 Å². The number of rotatable bonds is 1. The summed E-state index contributed by atoms with van der Waals surface area (Å²) < 4.78 is 10.3. The highest BCUT2D eigenvalue weighted by molar-refractivity contribution is 7.10. The molecule has 0 radical (unpaired) electrons. The summed E-state index contributed by atoms with van der Waals surface area (Å²) in [6.07, 6.45) is 0. The van der Waals surface area contributed by atoms with Crippen LogP contribution >= 0.6 is 23.1 Å². The lowest BCUT2D eigenvalue weighted by atomic mass is 10.0. The van der Waals surface area contributed by atoms with Crippen molar-refractivity contribution in [1.82, 2.24) is 9.36 Å². The summed E-state index contributed by atoms with van der Waals surface area (Å²) >= 11 is 6.98. The lowest BCUT2D eigenvalue weighted by Gasteiger charge is -2.02. The van der Waals surface area contributed by atoms with Crippen LogP contribution in [0, 0.1) is 0 Å². The molecule has 1 aliphatic rings. The molecule has 3 nitrogen and oxygen atoms in total. The molecule has 0 saturated heterocycles. The highest BCUT2D eigenvalue weighted by atomic mass is 35.5. The molecule has 15 heavy (non-hydrogen) atoms. The van der Waals surface area contributed by atoms with Crippen molar-refractivity contribution in [2.24, 2.45) is 0 Å². The van der Waals surface area contributed by atoms with Gasteiger partial charge >= 0.3 is 0 Å². The molecule has 0 saturated carbocycles. The monoisotopic (exact) mass is 238 g/mol. The quantitative estimate of drug-likeness (QED) is 0.766. The first-order chi connectivity index (χ1) is 7.34. The summed E-state index contributed by atoms with van der Waals surface area (Å²) in [7, 11) is 0. The largest absolute Gasteiger partial charge is 0.492 e. The Bertz CT molecular complexity index is 500. The molecule has 5 heteroatoms. The first kappa shape index (κ1) is 9.12. The number of aromatic nitrogens is 2. The number of nitrogens with zero attached hydrogens (tertiary/aromatic N) is 2. The Balaban J connectivity index is 2.04. The zero-order valence-electron chi connectivity index (χ0n) is 7.68. The summed E-state index contributed by atoms with van der Waals surface area (Å²) in [6.45, 7) is 0.604. The van der Waals surface area contributed by atoms with E-state index in [1.807, 2.05) is 24.3 Å². The molecule has 0 N–H and O–H groups in total. The number of ether oxygens (including phenoxy) is 1. The fourth-order valence-electron chi connectivity index (χ4n) is 1.73. The van der Waals surface area contributed by atoms with Gasteiger partial charge < -0.3 is 4.74 Å². The van der Waals surface area contributed by atoms with Crippen molar-refractivity contribution in [3.05, 3.63) is 40.1 Å². The van der Waals surface area contributed by atoms with Gasteiger partial charge in [-0.25, -0.2) is 4.98 Å². The summed E-state index contributed by atoms with van der Waals surface area (Å²) in [5.41, 5.74) is 1.15. The van der Waals surface area contributed by atoms with Crippen molar-refractivity contribution >= 4 is 23.1 Å². The molecule has 0 amide bonds. The Hall–Kier alpha value is -1.13. The molecule has 0 spiro atoms. The lowest BCUT2D eigenvalue weighted by molar-refractivity contribution is 0.340. The highest BCUT2D eigenvalue weighted by Gasteiger charge is 2.28. The minimum atomic E-state index is 0.130. The van der Waals surface area contributed by atoms with Crippen LogP contribution in [0.4, 0.5) is 0 Å². The second-order valence-corrected chi connectivity index (χ2v) is 4.64. The molecule has 0 bridgehead atoms. The maximum absolute atomic E-state index is 5.77. The number of halogens is 1. The first-order valence-corrected chi connectivity index (χ1v) is 5.70. The molecule has 1 aromatic carbocycles. The second-order valence-electron chi connectivity index (χ2n) is 3.31. The Morgan fingerprint density at radius 2 is 2.27 bits per heavy atom. The molecular weight excluding hydrogens is 232 g/mol. The van der Waals surface area contributed by atoms with Crippen LogP contribution < -0.4 is 4.74 Å². The standard InChI is InChI=1S/C10H7ClN2OS/c11-10-12-9(13-15-10)7-5-14-8-4-2-1-3-6(7)8/h1-4,7H,5H2. The molecule has 76 valence electrons. The molecule has 0 fully saturated rings. The number of benzene rings is 1. The zero-order valence-corrected chi connectivity index (χ0v) is 9.26. The zero-order chi connectivity index (χ0) is 10.3. The fourth-order valence-corrected chi connectivity index (χ4v) is 2.39. The van der Waals surface area contributed by atoms with Crippen molar-refractivity contribution in [3.63, 3.8) is 0 Å². The number of hydrogen-bond donors (Lipinski definition) is 0. The van der Waals surface area contributed by atoms with E-state index in [0.717, 1.165) is 17.1 Å². The third-order valence-electron chi connectivity index (χ3n) is 2.43. The van der Waals surface area contributed by atoms with Crippen LogP contribution in [-0.4, -0.2) is 16.0 Å². The molecule has 0 aliphatic carbocycles. The van der Waals surface area contributed by atoms with Crippen LogP contribution in [0.25, 0.3) is 0 Å². The van der Waals surface area contributed by atoms with E-state index in [2.05, 4.69) is 9.36 Å². The van der Waals surface area contributed by atoms with E-state index in [1.54, 1.807) is 0 Å². The average molecular weight is 239 g/mol. The Morgan fingerprint density at radius 3 is 3.07 bits per heavy atom. The van der Waals surface area contributed by atoms with Gasteiger partial charge in [0.15, 0.2) is 5.82 Å². The highest BCUT2D eigenvalue weighted by Crippen LogP contribution is 2.37. The minimum Gasteiger partial charge on any atom is -0.492 e. The maximum atomic E-state index is 5.77. The number of hydrogen-bond acceptors (Lipinski definition) is 4. The van der Waals surface area contributed by atoms with Gasteiger partial charge in [-0.15, -0.1) is 0 Å². The molecule has 1 unspecified atom stereocenters. The van der Waals surface area contributed by atoms with Gasteiger partial charge in [0.25, 0.3) is 0 Å². The predicted molar refractivity (Wildman–Crippen MR) is 58.7 cm³/mol.